The topological polar surface area (TPSA) is 73.2 Å². The van der Waals surface area contributed by atoms with Crippen molar-refractivity contribution in [2.75, 3.05) is 12.9 Å². The molecule has 3 aromatic carbocycles. The summed E-state index contributed by atoms with van der Waals surface area (Å²) in [6.45, 7) is 1.90. The summed E-state index contributed by atoms with van der Waals surface area (Å²) in [7, 11) is 1.57. The van der Waals surface area contributed by atoms with E-state index in [0.717, 1.165) is 11.8 Å². The number of ether oxygens (including phenoxy) is 1. The number of aryl methyl sites for hydroxylation is 1. The number of halogens is 1. The van der Waals surface area contributed by atoms with Crippen LogP contribution in [0.5, 0.6) is 5.75 Å². The summed E-state index contributed by atoms with van der Waals surface area (Å²) in [4.78, 5) is 30.4. The van der Waals surface area contributed by atoms with E-state index in [1.54, 1.807) is 68.6 Å². The van der Waals surface area contributed by atoms with E-state index in [9.17, 15) is 14.0 Å². The highest BCUT2D eigenvalue weighted by molar-refractivity contribution is 7.99. The Morgan fingerprint density at radius 3 is 2.61 bits per heavy atom. The SMILES string of the molecule is COc1ccc(-n2c(SCC(=O)NCc3ccc(C)c(F)c3)nc3ccccc3c2=O)cc1. The summed E-state index contributed by atoms with van der Waals surface area (Å²) >= 11 is 1.16. The van der Waals surface area contributed by atoms with Crippen LogP contribution < -0.4 is 15.6 Å². The van der Waals surface area contributed by atoms with Crippen LogP contribution in [-0.4, -0.2) is 28.3 Å². The lowest BCUT2D eigenvalue weighted by Gasteiger charge is -2.14. The van der Waals surface area contributed by atoms with Gasteiger partial charge in [-0.1, -0.05) is 36.0 Å². The Bertz CT molecular complexity index is 1370. The Morgan fingerprint density at radius 2 is 1.88 bits per heavy atom. The van der Waals surface area contributed by atoms with E-state index in [2.05, 4.69) is 10.3 Å². The molecule has 8 heteroatoms. The Kier molecular flexibility index (Phi) is 6.74. The number of nitrogens with one attached hydrogen (secondary N) is 1. The molecule has 33 heavy (non-hydrogen) atoms. The van der Waals surface area contributed by atoms with Gasteiger partial charge < -0.3 is 10.1 Å². The summed E-state index contributed by atoms with van der Waals surface area (Å²) in [6, 6.07) is 19.0. The third kappa shape index (κ3) is 5.06. The molecule has 0 aliphatic carbocycles. The van der Waals surface area contributed by atoms with E-state index in [0.29, 0.717) is 38.6 Å². The highest BCUT2D eigenvalue weighted by Gasteiger charge is 2.15. The van der Waals surface area contributed by atoms with Gasteiger partial charge in [0.15, 0.2) is 5.16 Å². The standard InChI is InChI=1S/C25H22FN3O3S/c1-16-7-8-17(13-21(16)26)14-27-23(30)15-33-25-28-22-6-4-3-5-20(22)24(31)29(25)18-9-11-19(32-2)12-10-18/h3-13H,14-15H2,1-2H3,(H,27,30). The Hall–Kier alpha value is -3.65. The molecule has 0 radical (unpaired) electrons. The number of fused-ring (bicyclic) bond motifs is 1. The average Bonchev–Trinajstić information content (AvgIpc) is 2.83. The van der Waals surface area contributed by atoms with Crippen molar-refractivity contribution in [3.05, 3.63) is 94.0 Å². The minimum Gasteiger partial charge on any atom is -0.497 e. The van der Waals surface area contributed by atoms with Gasteiger partial charge in [0.2, 0.25) is 5.91 Å². The molecule has 1 aromatic heterocycles. The zero-order valence-corrected chi connectivity index (χ0v) is 19.0. The van der Waals surface area contributed by atoms with Gasteiger partial charge in [0, 0.05) is 6.54 Å². The second-order valence-corrected chi connectivity index (χ2v) is 8.34. The molecule has 0 atom stereocenters. The molecule has 0 aliphatic rings. The molecule has 0 unspecified atom stereocenters. The number of benzene rings is 3. The smallest absolute Gasteiger partial charge is 0.266 e. The lowest BCUT2D eigenvalue weighted by molar-refractivity contribution is -0.118. The first kappa shape index (κ1) is 22.5. The van der Waals surface area contributed by atoms with Gasteiger partial charge in [-0.15, -0.1) is 0 Å². The summed E-state index contributed by atoms with van der Waals surface area (Å²) in [5, 5.41) is 3.68. The van der Waals surface area contributed by atoms with E-state index in [-0.39, 0.29) is 29.6 Å². The largest absolute Gasteiger partial charge is 0.497 e. The summed E-state index contributed by atoms with van der Waals surface area (Å²) in [5.41, 5.74) is 2.20. The minimum atomic E-state index is -0.306. The molecule has 1 heterocycles. The first-order chi connectivity index (χ1) is 16.0. The number of carbonyl (C=O) groups excluding carboxylic acids is 1. The second-order valence-electron chi connectivity index (χ2n) is 7.40. The number of hydrogen-bond acceptors (Lipinski definition) is 5. The Morgan fingerprint density at radius 1 is 1.12 bits per heavy atom. The molecule has 0 aliphatic heterocycles. The van der Waals surface area contributed by atoms with E-state index >= 15 is 0 Å². The van der Waals surface area contributed by atoms with Gasteiger partial charge in [0.1, 0.15) is 11.6 Å². The fraction of sp³-hybridized carbons (Fsp3) is 0.160. The van der Waals surface area contributed by atoms with E-state index < -0.39 is 0 Å². The molecule has 6 nitrogen and oxygen atoms in total. The monoisotopic (exact) mass is 463 g/mol. The number of methoxy groups -OCH3 is 1. The van der Waals surface area contributed by atoms with Crippen molar-refractivity contribution in [3.8, 4) is 11.4 Å². The molecule has 1 N–H and O–H groups in total. The highest BCUT2D eigenvalue weighted by Crippen LogP contribution is 2.22. The van der Waals surface area contributed by atoms with Crippen molar-refractivity contribution in [2.45, 2.75) is 18.6 Å². The third-order valence-corrected chi connectivity index (χ3v) is 6.07. The maximum Gasteiger partial charge on any atom is 0.266 e. The van der Waals surface area contributed by atoms with Gasteiger partial charge in [-0.3, -0.25) is 14.2 Å². The predicted octanol–water partition coefficient (Wildman–Crippen LogP) is 4.25. The number of aromatic nitrogens is 2. The molecule has 0 fully saturated rings. The molecule has 0 bridgehead atoms. The van der Waals surface area contributed by atoms with E-state index in [4.69, 9.17) is 4.74 Å². The van der Waals surface area contributed by atoms with E-state index in [1.807, 2.05) is 6.07 Å². The summed E-state index contributed by atoms with van der Waals surface area (Å²) in [5.74, 6) is 0.168. The first-order valence-corrected chi connectivity index (χ1v) is 11.3. The van der Waals surface area contributed by atoms with Crippen LogP contribution in [0, 0.1) is 12.7 Å². The molecule has 0 saturated heterocycles. The van der Waals surface area contributed by atoms with Gasteiger partial charge >= 0.3 is 0 Å². The molecule has 0 saturated carbocycles. The zero-order chi connectivity index (χ0) is 23.4. The molecule has 0 spiro atoms. The molecule has 168 valence electrons. The lowest BCUT2D eigenvalue weighted by atomic mass is 10.1. The van der Waals surface area contributed by atoms with Crippen molar-refractivity contribution < 1.29 is 13.9 Å². The molecular formula is C25H22FN3O3S. The van der Waals surface area contributed by atoms with Crippen LogP contribution in [0.25, 0.3) is 16.6 Å². The maximum atomic E-state index is 13.7. The zero-order valence-electron chi connectivity index (χ0n) is 18.2. The molecule has 1 amide bonds. The lowest BCUT2D eigenvalue weighted by Crippen LogP contribution is -2.26. The highest BCUT2D eigenvalue weighted by atomic mass is 32.2. The second kappa shape index (κ2) is 9.87. The normalized spacial score (nSPS) is 10.9. The van der Waals surface area contributed by atoms with Gasteiger partial charge in [-0.2, -0.15) is 0 Å². The molecule has 4 aromatic rings. The van der Waals surface area contributed by atoms with Crippen molar-refractivity contribution in [1.29, 1.82) is 0 Å². The number of rotatable bonds is 7. The Balaban J connectivity index is 1.57. The average molecular weight is 464 g/mol. The van der Waals surface area contributed by atoms with E-state index in [1.165, 1.54) is 10.6 Å². The van der Waals surface area contributed by atoms with Crippen LogP contribution in [0.15, 0.2) is 76.7 Å². The number of thioether (sulfide) groups is 1. The van der Waals surface area contributed by atoms with Crippen molar-refractivity contribution in [3.63, 3.8) is 0 Å². The first-order valence-electron chi connectivity index (χ1n) is 10.3. The van der Waals surface area contributed by atoms with Crippen LogP contribution in [0.1, 0.15) is 11.1 Å². The van der Waals surface area contributed by atoms with Gasteiger partial charge in [-0.05, 0) is 60.5 Å². The minimum absolute atomic E-state index is 0.0509. The fourth-order valence-corrected chi connectivity index (χ4v) is 4.14. The van der Waals surface area contributed by atoms with Crippen molar-refractivity contribution in [1.82, 2.24) is 14.9 Å². The van der Waals surface area contributed by atoms with Gasteiger partial charge in [-0.25, -0.2) is 9.37 Å². The summed E-state index contributed by atoms with van der Waals surface area (Å²) < 4.78 is 20.4. The molecular weight excluding hydrogens is 441 g/mol. The number of amides is 1. The van der Waals surface area contributed by atoms with Gasteiger partial charge in [0.05, 0.1) is 29.5 Å². The third-order valence-electron chi connectivity index (χ3n) is 5.13. The number of carbonyl (C=O) groups is 1. The number of para-hydroxylation sites is 1. The van der Waals surface area contributed by atoms with Crippen molar-refractivity contribution >= 4 is 28.6 Å². The number of hydrogen-bond donors (Lipinski definition) is 1. The van der Waals surface area contributed by atoms with Crippen molar-refractivity contribution in [2.24, 2.45) is 0 Å². The van der Waals surface area contributed by atoms with Crippen LogP contribution in [-0.2, 0) is 11.3 Å². The Labute approximate surface area is 194 Å². The van der Waals surface area contributed by atoms with Gasteiger partial charge in [0.25, 0.3) is 5.56 Å². The van der Waals surface area contributed by atoms with Crippen LogP contribution in [0.3, 0.4) is 0 Å². The number of nitrogens with zero attached hydrogens (tertiary/aromatic N) is 2. The summed E-state index contributed by atoms with van der Waals surface area (Å²) in [6.07, 6.45) is 0. The predicted molar refractivity (Wildman–Crippen MR) is 128 cm³/mol. The van der Waals surface area contributed by atoms with Crippen LogP contribution in [0.2, 0.25) is 0 Å². The van der Waals surface area contributed by atoms with Crippen LogP contribution >= 0.6 is 11.8 Å². The quantitative estimate of drug-likeness (QED) is 0.328. The fourth-order valence-electron chi connectivity index (χ4n) is 3.30. The maximum absolute atomic E-state index is 13.7. The molecule has 4 rings (SSSR count). The van der Waals surface area contributed by atoms with Crippen LogP contribution in [0.4, 0.5) is 4.39 Å².